The van der Waals surface area contributed by atoms with E-state index in [-0.39, 0.29) is 5.56 Å². The molecule has 0 saturated heterocycles. The van der Waals surface area contributed by atoms with Gasteiger partial charge >= 0.3 is 0 Å². The molecule has 2 aromatic rings. The Morgan fingerprint density at radius 2 is 2.15 bits per heavy atom. The van der Waals surface area contributed by atoms with Crippen molar-refractivity contribution in [2.75, 3.05) is 12.4 Å². The Bertz CT molecular complexity index is 655. The highest BCUT2D eigenvalue weighted by atomic mass is 79.9. The minimum Gasteiger partial charge on any atom is -0.496 e. The molecule has 0 saturated carbocycles. The number of hydrogen-bond donors (Lipinski definition) is 1. The highest BCUT2D eigenvalue weighted by molar-refractivity contribution is 9.10. The molecule has 0 unspecified atom stereocenters. The number of hydrogen-bond acceptors (Lipinski definition) is 4. The number of anilines is 1. The monoisotopic (exact) mass is 337 g/mol. The average molecular weight is 338 g/mol. The maximum atomic E-state index is 11.9. The van der Waals surface area contributed by atoms with Gasteiger partial charge in [0.25, 0.3) is 5.56 Å². The Hall–Kier alpha value is -1.82. The van der Waals surface area contributed by atoms with E-state index >= 15 is 0 Å². The summed E-state index contributed by atoms with van der Waals surface area (Å²) in [6, 6.07) is 7.74. The minimum absolute atomic E-state index is 0.141. The molecular weight excluding hydrogens is 322 g/mol. The third-order valence-electron chi connectivity index (χ3n) is 2.95. The summed E-state index contributed by atoms with van der Waals surface area (Å²) in [5.41, 5.74) is 1.55. The first-order valence-electron chi connectivity index (χ1n) is 6.28. The van der Waals surface area contributed by atoms with E-state index < -0.39 is 0 Å². The van der Waals surface area contributed by atoms with Gasteiger partial charge in [0.05, 0.1) is 19.0 Å². The number of nitrogens with zero attached hydrogens (tertiary/aromatic N) is 2. The van der Waals surface area contributed by atoms with E-state index in [4.69, 9.17) is 4.74 Å². The van der Waals surface area contributed by atoms with Crippen LogP contribution in [0.2, 0.25) is 0 Å². The van der Waals surface area contributed by atoms with Crippen molar-refractivity contribution >= 4 is 21.6 Å². The number of nitrogens with one attached hydrogen (secondary N) is 1. The molecule has 0 fully saturated rings. The predicted molar refractivity (Wildman–Crippen MR) is 82.2 cm³/mol. The molecule has 0 aliphatic carbocycles. The Labute approximate surface area is 125 Å². The second-order valence-corrected chi connectivity index (χ2v) is 4.95. The first kappa shape index (κ1) is 14.6. The van der Waals surface area contributed by atoms with Gasteiger partial charge < -0.3 is 10.1 Å². The number of halogens is 1. The lowest BCUT2D eigenvalue weighted by Crippen LogP contribution is -2.23. The Kier molecular flexibility index (Phi) is 4.79. The summed E-state index contributed by atoms with van der Waals surface area (Å²) in [6.45, 7) is 2.98. The molecule has 0 radical (unpaired) electrons. The van der Waals surface area contributed by atoms with Crippen molar-refractivity contribution in [1.29, 1.82) is 0 Å². The van der Waals surface area contributed by atoms with Crippen molar-refractivity contribution in [3.63, 3.8) is 0 Å². The van der Waals surface area contributed by atoms with Crippen LogP contribution in [0.15, 0.2) is 39.7 Å². The van der Waals surface area contributed by atoms with Crippen LogP contribution in [0.3, 0.4) is 0 Å². The molecule has 0 spiro atoms. The molecule has 1 N–H and O–H groups in total. The zero-order valence-corrected chi connectivity index (χ0v) is 13.0. The van der Waals surface area contributed by atoms with Gasteiger partial charge in [0.2, 0.25) is 0 Å². The van der Waals surface area contributed by atoms with Crippen LogP contribution in [-0.4, -0.2) is 16.9 Å². The number of methoxy groups -OCH3 is 1. The zero-order valence-electron chi connectivity index (χ0n) is 11.4. The Morgan fingerprint density at radius 1 is 1.40 bits per heavy atom. The van der Waals surface area contributed by atoms with E-state index in [9.17, 15) is 4.79 Å². The maximum Gasteiger partial charge on any atom is 0.283 e. The van der Waals surface area contributed by atoms with Gasteiger partial charge in [-0.1, -0.05) is 18.2 Å². The molecule has 1 heterocycles. The number of para-hydroxylation sites is 1. The van der Waals surface area contributed by atoms with Crippen molar-refractivity contribution in [2.45, 2.75) is 20.0 Å². The molecule has 2 rings (SSSR count). The van der Waals surface area contributed by atoms with Gasteiger partial charge in [0, 0.05) is 18.7 Å². The molecule has 0 atom stereocenters. The van der Waals surface area contributed by atoms with Gasteiger partial charge in [0.15, 0.2) is 0 Å². The van der Waals surface area contributed by atoms with Crippen LogP contribution in [0, 0.1) is 0 Å². The van der Waals surface area contributed by atoms with Crippen molar-refractivity contribution in [3.8, 4) is 5.75 Å². The van der Waals surface area contributed by atoms with Crippen LogP contribution >= 0.6 is 15.9 Å². The van der Waals surface area contributed by atoms with E-state index in [0.717, 1.165) is 11.3 Å². The lowest BCUT2D eigenvalue weighted by molar-refractivity contribution is 0.410. The first-order chi connectivity index (χ1) is 9.67. The lowest BCUT2D eigenvalue weighted by atomic mass is 10.2. The topological polar surface area (TPSA) is 56.1 Å². The second kappa shape index (κ2) is 6.56. The number of ether oxygens (including phenoxy) is 1. The standard InChI is InChI=1S/C14H16BrN3O2/c1-3-18-14(19)13(15)11(9-17-18)16-8-10-6-4-5-7-12(10)20-2/h4-7,9,16H,3,8H2,1-2H3. The molecule has 0 aliphatic rings. The normalized spacial score (nSPS) is 10.3. The van der Waals surface area contributed by atoms with E-state index in [1.54, 1.807) is 13.3 Å². The number of aromatic nitrogens is 2. The zero-order chi connectivity index (χ0) is 14.5. The van der Waals surface area contributed by atoms with Crippen LogP contribution in [-0.2, 0) is 13.1 Å². The molecule has 0 aliphatic heterocycles. The molecule has 1 aromatic carbocycles. The fourth-order valence-corrected chi connectivity index (χ4v) is 2.30. The van der Waals surface area contributed by atoms with Gasteiger partial charge in [-0.3, -0.25) is 4.79 Å². The van der Waals surface area contributed by atoms with Gasteiger partial charge in [-0.25, -0.2) is 4.68 Å². The van der Waals surface area contributed by atoms with Crippen molar-refractivity contribution in [1.82, 2.24) is 9.78 Å². The molecule has 0 bridgehead atoms. The quantitative estimate of drug-likeness (QED) is 0.911. The molecule has 0 amide bonds. The van der Waals surface area contributed by atoms with E-state index in [1.807, 2.05) is 31.2 Å². The van der Waals surface area contributed by atoms with E-state index in [0.29, 0.717) is 23.2 Å². The summed E-state index contributed by atoms with van der Waals surface area (Å²) < 4.78 is 7.18. The third-order valence-corrected chi connectivity index (χ3v) is 3.71. The predicted octanol–water partition coefficient (Wildman–Crippen LogP) is 2.65. The summed E-state index contributed by atoms with van der Waals surface area (Å²) in [6.07, 6.45) is 1.64. The number of aryl methyl sites for hydroxylation is 1. The number of rotatable bonds is 5. The fraction of sp³-hybridized carbons (Fsp3) is 0.286. The third kappa shape index (κ3) is 3.01. The van der Waals surface area contributed by atoms with Crippen LogP contribution in [0.25, 0.3) is 0 Å². The Morgan fingerprint density at radius 3 is 2.85 bits per heavy atom. The lowest BCUT2D eigenvalue weighted by Gasteiger charge is -2.12. The summed E-state index contributed by atoms with van der Waals surface area (Å²) in [5, 5.41) is 7.29. The van der Waals surface area contributed by atoms with Crippen molar-refractivity contribution in [3.05, 3.63) is 50.9 Å². The molecule has 1 aromatic heterocycles. The van der Waals surface area contributed by atoms with E-state index in [1.165, 1.54) is 4.68 Å². The SMILES string of the molecule is CCn1ncc(NCc2ccccc2OC)c(Br)c1=O. The summed E-state index contributed by atoms with van der Waals surface area (Å²) in [4.78, 5) is 11.9. The fourth-order valence-electron chi connectivity index (χ4n) is 1.85. The second-order valence-electron chi connectivity index (χ2n) is 4.16. The smallest absolute Gasteiger partial charge is 0.283 e. The maximum absolute atomic E-state index is 11.9. The van der Waals surface area contributed by atoms with Gasteiger partial charge in [-0.05, 0) is 28.9 Å². The summed E-state index contributed by atoms with van der Waals surface area (Å²) >= 11 is 3.31. The van der Waals surface area contributed by atoms with Gasteiger partial charge in [-0.2, -0.15) is 5.10 Å². The van der Waals surface area contributed by atoms with Crippen LogP contribution in [0.4, 0.5) is 5.69 Å². The minimum atomic E-state index is -0.141. The van der Waals surface area contributed by atoms with E-state index in [2.05, 4.69) is 26.3 Å². The van der Waals surface area contributed by atoms with Crippen LogP contribution in [0.1, 0.15) is 12.5 Å². The van der Waals surface area contributed by atoms with Gasteiger partial charge in [-0.15, -0.1) is 0 Å². The average Bonchev–Trinajstić information content (AvgIpc) is 2.49. The first-order valence-corrected chi connectivity index (χ1v) is 7.08. The highest BCUT2D eigenvalue weighted by Crippen LogP contribution is 2.21. The molecule has 20 heavy (non-hydrogen) atoms. The largest absolute Gasteiger partial charge is 0.496 e. The highest BCUT2D eigenvalue weighted by Gasteiger charge is 2.08. The van der Waals surface area contributed by atoms with Crippen molar-refractivity contribution in [2.24, 2.45) is 0 Å². The molecule has 106 valence electrons. The van der Waals surface area contributed by atoms with Gasteiger partial charge in [0.1, 0.15) is 10.2 Å². The molecular formula is C14H16BrN3O2. The Balaban J connectivity index is 2.19. The van der Waals surface area contributed by atoms with Crippen LogP contribution < -0.4 is 15.6 Å². The molecule has 6 heteroatoms. The molecule has 5 nitrogen and oxygen atoms in total. The summed E-state index contributed by atoms with van der Waals surface area (Å²) in [7, 11) is 1.64. The number of benzene rings is 1. The van der Waals surface area contributed by atoms with Crippen molar-refractivity contribution < 1.29 is 4.74 Å². The van der Waals surface area contributed by atoms with Crippen LogP contribution in [0.5, 0.6) is 5.75 Å². The summed E-state index contributed by atoms with van der Waals surface area (Å²) in [5.74, 6) is 0.811.